The fourth-order valence-corrected chi connectivity index (χ4v) is 2.58. The fourth-order valence-electron chi connectivity index (χ4n) is 1.57. The molecule has 0 fully saturated rings. The van der Waals surface area contributed by atoms with E-state index >= 15 is 0 Å². The Bertz CT molecular complexity index is 450. The van der Waals surface area contributed by atoms with Crippen molar-refractivity contribution in [2.75, 3.05) is 6.54 Å². The second kappa shape index (κ2) is 3.58. The van der Waals surface area contributed by atoms with Crippen LogP contribution in [0.3, 0.4) is 0 Å². The standard InChI is InChI=1S/C10H9NO3S/c1-6(13)11-3-9(14)8-2-7(5-12)15-10(8)4-11/h2,5H,3-4H2,1H3. The molecule has 1 aromatic heterocycles. The van der Waals surface area contributed by atoms with Crippen LogP contribution in [-0.4, -0.2) is 29.4 Å². The van der Waals surface area contributed by atoms with Crippen LogP contribution in [0.2, 0.25) is 0 Å². The third kappa shape index (κ3) is 1.70. The Hall–Kier alpha value is -1.49. The molecule has 0 N–H and O–H groups in total. The summed E-state index contributed by atoms with van der Waals surface area (Å²) in [4.78, 5) is 36.2. The van der Waals surface area contributed by atoms with Gasteiger partial charge in [0.1, 0.15) is 0 Å². The van der Waals surface area contributed by atoms with E-state index in [1.54, 1.807) is 6.07 Å². The summed E-state index contributed by atoms with van der Waals surface area (Å²) in [7, 11) is 0. The molecule has 2 heterocycles. The summed E-state index contributed by atoms with van der Waals surface area (Å²) in [5, 5.41) is 0. The maximum Gasteiger partial charge on any atom is 0.220 e. The van der Waals surface area contributed by atoms with Crippen molar-refractivity contribution in [1.29, 1.82) is 0 Å². The highest BCUT2D eigenvalue weighted by molar-refractivity contribution is 7.14. The lowest BCUT2D eigenvalue weighted by Gasteiger charge is -2.24. The highest BCUT2D eigenvalue weighted by atomic mass is 32.1. The molecule has 0 saturated carbocycles. The third-order valence-corrected chi connectivity index (χ3v) is 3.40. The topological polar surface area (TPSA) is 54.5 Å². The number of carbonyl (C=O) groups excluding carboxylic acids is 3. The number of carbonyl (C=O) groups is 3. The van der Waals surface area contributed by atoms with Crippen molar-refractivity contribution in [3.05, 3.63) is 21.4 Å². The molecule has 78 valence electrons. The van der Waals surface area contributed by atoms with Gasteiger partial charge in [0.15, 0.2) is 12.1 Å². The van der Waals surface area contributed by atoms with Gasteiger partial charge in [-0.1, -0.05) is 0 Å². The Balaban J connectivity index is 2.38. The number of aldehydes is 1. The van der Waals surface area contributed by atoms with Crippen molar-refractivity contribution in [3.8, 4) is 0 Å². The zero-order chi connectivity index (χ0) is 11.0. The Morgan fingerprint density at radius 1 is 1.53 bits per heavy atom. The molecule has 1 aromatic rings. The first-order valence-electron chi connectivity index (χ1n) is 4.48. The number of rotatable bonds is 1. The Labute approximate surface area is 90.5 Å². The molecule has 0 unspecified atom stereocenters. The summed E-state index contributed by atoms with van der Waals surface area (Å²) in [6.45, 7) is 2.00. The molecule has 0 radical (unpaired) electrons. The SMILES string of the molecule is CC(=O)N1CC(=O)c2cc(C=O)sc2C1. The summed E-state index contributed by atoms with van der Waals surface area (Å²) >= 11 is 1.28. The number of fused-ring (bicyclic) bond motifs is 1. The molecule has 15 heavy (non-hydrogen) atoms. The number of hydrogen-bond donors (Lipinski definition) is 0. The minimum absolute atomic E-state index is 0.0872. The van der Waals surface area contributed by atoms with Crippen molar-refractivity contribution < 1.29 is 14.4 Å². The van der Waals surface area contributed by atoms with Crippen LogP contribution in [0, 0.1) is 0 Å². The molecule has 0 aromatic carbocycles. The van der Waals surface area contributed by atoms with Crippen molar-refractivity contribution in [2.45, 2.75) is 13.5 Å². The van der Waals surface area contributed by atoms with Crippen LogP contribution in [0.15, 0.2) is 6.07 Å². The van der Waals surface area contributed by atoms with Crippen molar-refractivity contribution >= 4 is 29.3 Å². The van der Waals surface area contributed by atoms with E-state index in [0.29, 0.717) is 17.0 Å². The van der Waals surface area contributed by atoms with Gasteiger partial charge in [-0.2, -0.15) is 0 Å². The van der Waals surface area contributed by atoms with Crippen LogP contribution in [-0.2, 0) is 11.3 Å². The third-order valence-electron chi connectivity index (χ3n) is 2.36. The van der Waals surface area contributed by atoms with Crippen molar-refractivity contribution in [1.82, 2.24) is 4.90 Å². The van der Waals surface area contributed by atoms with E-state index < -0.39 is 0 Å². The lowest BCUT2D eigenvalue weighted by atomic mass is 10.1. The van der Waals surface area contributed by atoms with E-state index in [1.165, 1.54) is 23.2 Å². The molecular weight excluding hydrogens is 214 g/mol. The first-order valence-corrected chi connectivity index (χ1v) is 5.30. The van der Waals surface area contributed by atoms with Crippen LogP contribution in [0.1, 0.15) is 31.8 Å². The van der Waals surface area contributed by atoms with Gasteiger partial charge in [-0.05, 0) is 6.07 Å². The Kier molecular flexibility index (Phi) is 2.40. The van der Waals surface area contributed by atoms with Gasteiger partial charge < -0.3 is 4.90 Å². The lowest BCUT2D eigenvalue weighted by Crippen LogP contribution is -2.37. The van der Waals surface area contributed by atoms with Gasteiger partial charge in [-0.3, -0.25) is 14.4 Å². The maximum absolute atomic E-state index is 11.6. The van der Waals surface area contributed by atoms with Crippen molar-refractivity contribution in [3.63, 3.8) is 0 Å². The average molecular weight is 223 g/mol. The monoisotopic (exact) mass is 223 g/mol. The van der Waals surface area contributed by atoms with E-state index in [4.69, 9.17) is 0 Å². The first-order chi connectivity index (χ1) is 7.11. The van der Waals surface area contributed by atoms with Gasteiger partial charge in [0.2, 0.25) is 5.91 Å². The van der Waals surface area contributed by atoms with Gasteiger partial charge >= 0.3 is 0 Å². The molecular formula is C10H9NO3S. The second-order valence-corrected chi connectivity index (χ2v) is 4.57. The minimum atomic E-state index is -0.116. The van der Waals surface area contributed by atoms with E-state index in [2.05, 4.69) is 0 Å². The Morgan fingerprint density at radius 2 is 2.27 bits per heavy atom. The van der Waals surface area contributed by atoms with E-state index in [0.717, 1.165) is 11.2 Å². The normalized spacial score (nSPS) is 15.0. The molecule has 0 aliphatic carbocycles. The zero-order valence-corrected chi connectivity index (χ0v) is 8.97. The highest BCUT2D eigenvalue weighted by Gasteiger charge is 2.26. The molecule has 0 atom stereocenters. The molecule has 0 saturated heterocycles. The van der Waals surface area contributed by atoms with Gasteiger partial charge in [-0.15, -0.1) is 11.3 Å². The summed E-state index contributed by atoms with van der Waals surface area (Å²) < 4.78 is 0. The fraction of sp³-hybridized carbons (Fsp3) is 0.300. The van der Waals surface area contributed by atoms with Crippen molar-refractivity contribution in [2.24, 2.45) is 0 Å². The van der Waals surface area contributed by atoms with Gasteiger partial charge in [0.25, 0.3) is 0 Å². The molecule has 4 nitrogen and oxygen atoms in total. The highest BCUT2D eigenvalue weighted by Crippen LogP contribution is 2.27. The van der Waals surface area contributed by atoms with E-state index in [1.807, 2.05) is 0 Å². The molecule has 1 aliphatic heterocycles. The minimum Gasteiger partial charge on any atom is -0.330 e. The molecule has 2 rings (SSSR count). The largest absolute Gasteiger partial charge is 0.330 e. The van der Waals surface area contributed by atoms with Gasteiger partial charge in [-0.25, -0.2) is 0 Å². The maximum atomic E-state index is 11.6. The molecule has 0 spiro atoms. The summed E-state index contributed by atoms with van der Waals surface area (Å²) in [5.41, 5.74) is 0.597. The summed E-state index contributed by atoms with van der Waals surface area (Å²) in [5.74, 6) is -0.203. The van der Waals surface area contributed by atoms with Crippen LogP contribution in [0.5, 0.6) is 0 Å². The number of nitrogens with zero attached hydrogens (tertiary/aromatic N) is 1. The zero-order valence-electron chi connectivity index (χ0n) is 8.15. The summed E-state index contributed by atoms with van der Waals surface area (Å²) in [6, 6.07) is 1.60. The molecule has 1 aliphatic rings. The lowest BCUT2D eigenvalue weighted by molar-refractivity contribution is -0.129. The quantitative estimate of drug-likeness (QED) is 0.670. The Morgan fingerprint density at radius 3 is 2.87 bits per heavy atom. The van der Waals surface area contributed by atoms with Crippen LogP contribution >= 0.6 is 11.3 Å². The number of amides is 1. The number of hydrogen-bond acceptors (Lipinski definition) is 4. The van der Waals surface area contributed by atoms with E-state index in [9.17, 15) is 14.4 Å². The first kappa shape index (κ1) is 10.0. The molecule has 1 amide bonds. The van der Waals surface area contributed by atoms with Crippen LogP contribution in [0.25, 0.3) is 0 Å². The van der Waals surface area contributed by atoms with E-state index in [-0.39, 0.29) is 18.2 Å². The smallest absolute Gasteiger partial charge is 0.220 e. The van der Waals surface area contributed by atoms with Gasteiger partial charge in [0, 0.05) is 17.4 Å². The molecule has 5 heteroatoms. The number of Topliss-reactive ketones (excluding diaryl/α,β-unsaturated/α-hetero) is 1. The predicted molar refractivity (Wildman–Crippen MR) is 55.1 cm³/mol. The molecule has 0 bridgehead atoms. The second-order valence-electron chi connectivity index (χ2n) is 3.40. The average Bonchev–Trinajstić information content (AvgIpc) is 2.61. The number of thiophene rings is 1. The van der Waals surface area contributed by atoms with Gasteiger partial charge in [0.05, 0.1) is 18.0 Å². The number of ketones is 1. The predicted octanol–water partition coefficient (Wildman–Crippen LogP) is 1.11. The van der Waals surface area contributed by atoms with Crippen LogP contribution in [0.4, 0.5) is 0 Å². The summed E-state index contributed by atoms with van der Waals surface area (Å²) in [6.07, 6.45) is 0.731. The van der Waals surface area contributed by atoms with Crippen LogP contribution < -0.4 is 0 Å².